The van der Waals surface area contributed by atoms with Crippen molar-refractivity contribution in [2.75, 3.05) is 7.05 Å². The van der Waals surface area contributed by atoms with Gasteiger partial charge in [0.05, 0.1) is 17.6 Å². The number of nitrogens with zero attached hydrogens (tertiary/aromatic N) is 3. The third-order valence-corrected chi connectivity index (χ3v) is 3.62. The van der Waals surface area contributed by atoms with Crippen molar-refractivity contribution < 1.29 is 4.79 Å². The molecule has 4 heteroatoms. The van der Waals surface area contributed by atoms with E-state index in [9.17, 15) is 4.79 Å². The quantitative estimate of drug-likeness (QED) is 0.846. The SMILES string of the molecule is CC[C@@H](C)n1c(CN(C)C(C)=O)nc2ccccc21. The molecule has 2 rings (SSSR count). The molecule has 0 N–H and O–H groups in total. The molecular weight excluding hydrogens is 238 g/mol. The third-order valence-electron chi connectivity index (χ3n) is 3.62. The monoisotopic (exact) mass is 259 g/mol. The van der Waals surface area contributed by atoms with Gasteiger partial charge in [0.25, 0.3) is 0 Å². The number of fused-ring (bicyclic) bond motifs is 1. The van der Waals surface area contributed by atoms with E-state index in [-0.39, 0.29) is 5.91 Å². The largest absolute Gasteiger partial charge is 0.339 e. The maximum atomic E-state index is 11.4. The molecule has 0 saturated heterocycles. The summed E-state index contributed by atoms with van der Waals surface area (Å²) in [4.78, 5) is 17.8. The Bertz CT molecular complexity index is 588. The van der Waals surface area contributed by atoms with Crippen LogP contribution in [0.4, 0.5) is 0 Å². The van der Waals surface area contributed by atoms with Crippen molar-refractivity contribution in [3.05, 3.63) is 30.1 Å². The normalized spacial score (nSPS) is 12.6. The Morgan fingerprint density at radius 1 is 1.42 bits per heavy atom. The van der Waals surface area contributed by atoms with Crippen LogP contribution in [0.1, 0.15) is 39.1 Å². The Balaban J connectivity index is 2.49. The molecule has 1 amide bonds. The summed E-state index contributed by atoms with van der Waals surface area (Å²) < 4.78 is 2.24. The molecule has 0 fully saturated rings. The first-order valence-electron chi connectivity index (χ1n) is 6.72. The van der Waals surface area contributed by atoms with Gasteiger partial charge >= 0.3 is 0 Å². The Hall–Kier alpha value is -1.84. The molecule has 0 spiro atoms. The molecule has 1 heterocycles. The second kappa shape index (κ2) is 5.43. The zero-order valence-electron chi connectivity index (χ0n) is 12.1. The first kappa shape index (κ1) is 13.6. The lowest BCUT2D eigenvalue weighted by molar-refractivity contribution is -0.128. The zero-order chi connectivity index (χ0) is 14.0. The van der Waals surface area contributed by atoms with Crippen LogP contribution in [0.15, 0.2) is 24.3 Å². The molecule has 0 unspecified atom stereocenters. The van der Waals surface area contributed by atoms with Gasteiger partial charge in [0, 0.05) is 20.0 Å². The summed E-state index contributed by atoms with van der Waals surface area (Å²) in [5.74, 6) is 1.01. The molecule has 0 aliphatic rings. The molecule has 1 aromatic carbocycles. The number of imidazole rings is 1. The second-order valence-corrected chi connectivity index (χ2v) is 5.02. The molecular formula is C15H21N3O. The average molecular weight is 259 g/mol. The van der Waals surface area contributed by atoms with E-state index in [1.165, 1.54) is 0 Å². The number of rotatable bonds is 4. The fraction of sp³-hybridized carbons (Fsp3) is 0.467. The van der Waals surface area contributed by atoms with Crippen molar-refractivity contribution >= 4 is 16.9 Å². The summed E-state index contributed by atoms with van der Waals surface area (Å²) in [7, 11) is 1.81. The Kier molecular flexibility index (Phi) is 3.88. The summed E-state index contributed by atoms with van der Waals surface area (Å²) in [6.45, 7) is 6.48. The summed E-state index contributed by atoms with van der Waals surface area (Å²) in [6, 6.07) is 8.51. The van der Waals surface area contributed by atoms with Crippen molar-refractivity contribution in [1.29, 1.82) is 0 Å². The Morgan fingerprint density at radius 2 is 2.11 bits per heavy atom. The van der Waals surface area contributed by atoms with Gasteiger partial charge < -0.3 is 9.47 Å². The van der Waals surface area contributed by atoms with Crippen molar-refractivity contribution in [3.63, 3.8) is 0 Å². The average Bonchev–Trinajstić information content (AvgIpc) is 2.75. The Labute approximate surface area is 114 Å². The third kappa shape index (κ3) is 2.62. The molecule has 0 radical (unpaired) electrons. The predicted molar refractivity (Wildman–Crippen MR) is 76.9 cm³/mol. The number of carbonyl (C=O) groups is 1. The van der Waals surface area contributed by atoms with Crippen LogP contribution in [-0.2, 0) is 11.3 Å². The molecule has 1 aromatic heterocycles. The molecule has 19 heavy (non-hydrogen) atoms. The fourth-order valence-corrected chi connectivity index (χ4v) is 2.20. The lowest BCUT2D eigenvalue weighted by atomic mass is 10.2. The molecule has 0 saturated carbocycles. The van der Waals surface area contributed by atoms with Crippen LogP contribution >= 0.6 is 0 Å². The van der Waals surface area contributed by atoms with Crippen LogP contribution in [0.2, 0.25) is 0 Å². The fourth-order valence-electron chi connectivity index (χ4n) is 2.20. The van der Waals surface area contributed by atoms with E-state index in [0.717, 1.165) is 23.3 Å². The molecule has 0 aliphatic heterocycles. The van der Waals surface area contributed by atoms with Crippen LogP contribution in [0.25, 0.3) is 11.0 Å². The molecule has 2 aromatic rings. The molecule has 0 bridgehead atoms. The predicted octanol–water partition coefficient (Wildman–Crippen LogP) is 2.99. The van der Waals surface area contributed by atoms with Crippen molar-refractivity contribution in [2.24, 2.45) is 0 Å². The summed E-state index contributed by atoms with van der Waals surface area (Å²) in [5.41, 5.74) is 2.14. The summed E-state index contributed by atoms with van der Waals surface area (Å²) >= 11 is 0. The van der Waals surface area contributed by atoms with Gasteiger partial charge in [-0.15, -0.1) is 0 Å². The first-order valence-corrected chi connectivity index (χ1v) is 6.72. The number of benzene rings is 1. The summed E-state index contributed by atoms with van der Waals surface area (Å²) in [6.07, 6.45) is 1.04. The van der Waals surface area contributed by atoms with Gasteiger partial charge in [0.1, 0.15) is 5.82 Å². The minimum absolute atomic E-state index is 0.0581. The van der Waals surface area contributed by atoms with Crippen LogP contribution in [0, 0.1) is 0 Å². The number of carbonyl (C=O) groups excluding carboxylic acids is 1. The Morgan fingerprint density at radius 3 is 2.74 bits per heavy atom. The lowest BCUT2D eigenvalue weighted by Crippen LogP contribution is -2.25. The molecule has 102 valence electrons. The topological polar surface area (TPSA) is 38.1 Å². The van der Waals surface area contributed by atoms with E-state index >= 15 is 0 Å². The number of hydrogen-bond acceptors (Lipinski definition) is 2. The minimum Gasteiger partial charge on any atom is -0.339 e. The molecule has 4 nitrogen and oxygen atoms in total. The van der Waals surface area contributed by atoms with Crippen LogP contribution in [0.5, 0.6) is 0 Å². The van der Waals surface area contributed by atoms with E-state index in [1.807, 2.05) is 25.2 Å². The van der Waals surface area contributed by atoms with E-state index in [4.69, 9.17) is 0 Å². The van der Waals surface area contributed by atoms with Crippen LogP contribution in [0.3, 0.4) is 0 Å². The van der Waals surface area contributed by atoms with Crippen molar-refractivity contribution in [1.82, 2.24) is 14.5 Å². The highest BCUT2D eigenvalue weighted by Gasteiger charge is 2.16. The minimum atomic E-state index is 0.0581. The van der Waals surface area contributed by atoms with Gasteiger partial charge in [-0.05, 0) is 25.5 Å². The van der Waals surface area contributed by atoms with E-state index in [2.05, 4.69) is 29.5 Å². The first-order chi connectivity index (χ1) is 9.04. The van der Waals surface area contributed by atoms with Gasteiger partial charge in [0.15, 0.2) is 0 Å². The highest BCUT2D eigenvalue weighted by atomic mass is 16.2. The van der Waals surface area contributed by atoms with E-state index < -0.39 is 0 Å². The van der Waals surface area contributed by atoms with E-state index in [1.54, 1.807) is 11.8 Å². The summed E-state index contributed by atoms with van der Waals surface area (Å²) in [5, 5.41) is 0. The number of aromatic nitrogens is 2. The number of para-hydroxylation sites is 2. The van der Waals surface area contributed by atoms with Gasteiger partial charge in [-0.25, -0.2) is 4.98 Å². The highest BCUT2D eigenvalue weighted by Crippen LogP contribution is 2.23. The smallest absolute Gasteiger partial charge is 0.219 e. The maximum absolute atomic E-state index is 11.4. The highest BCUT2D eigenvalue weighted by molar-refractivity contribution is 5.76. The van der Waals surface area contributed by atoms with Gasteiger partial charge in [-0.1, -0.05) is 19.1 Å². The molecule has 1 atom stereocenters. The van der Waals surface area contributed by atoms with Crippen molar-refractivity contribution in [3.8, 4) is 0 Å². The van der Waals surface area contributed by atoms with E-state index in [0.29, 0.717) is 12.6 Å². The van der Waals surface area contributed by atoms with Gasteiger partial charge in [-0.3, -0.25) is 4.79 Å². The van der Waals surface area contributed by atoms with Gasteiger partial charge in [-0.2, -0.15) is 0 Å². The molecule has 0 aliphatic carbocycles. The second-order valence-electron chi connectivity index (χ2n) is 5.02. The van der Waals surface area contributed by atoms with Gasteiger partial charge in [0.2, 0.25) is 5.91 Å². The lowest BCUT2D eigenvalue weighted by Gasteiger charge is -2.19. The maximum Gasteiger partial charge on any atom is 0.219 e. The van der Waals surface area contributed by atoms with Crippen molar-refractivity contribution in [2.45, 2.75) is 39.8 Å². The van der Waals surface area contributed by atoms with Crippen LogP contribution in [-0.4, -0.2) is 27.4 Å². The zero-order valence-corrected chi connectivity index (χ0v) is 12.1. The number of amides is 1. The standard InChI is InChI=1S/C15H21N3O/c1-5-11(2)18-14-9-7-6-8-13(14)16-15(18)10-17(4)12(3)19/h6-9,11H,5,10H2,1-4H3/t11-/m1/s1. The van der Waals surface area contributed by atoms with Crippen LogP contribution < -0.4 is 0 Å². The number of hydrogen-bond donors (Lipinski definition) is 0.